The molecule has 7 heteroatoms. The summed E-state index contributed by atoms with van der Waals surface area (Å²) in [5, 5.41) is 0.443. The molecule has 0 aliphatic rings. The van der Waals surface area contributed by atoms with E-state index in [1.807, 2.05) is 0 Å². The summed E-state index contributed by atoms with van der Waals surface area (Å²) < 4.78 is 27.0. The number of nitrogens with one attached hydrogen (secondary N) is 2. The van der Waals surface area contributed by atoms with E-state index in [9.17, 15) is 8.42 Å². The van der Waals surface area contributed by atoms with E-state index >= 15 is 0 Å². The summed E-state index contributed by atoms with van der Waals surface area (Å²) in [4.78, 5) is 0. The van der Waals surface area contributed by atoms with Gasteiger partial charge in [0, 0.05) is 12.6 Å². The lowest BCUT2D eigenvalue weighted by atomic mass is 10.2. The molecule has 0 bridgehead atoms. The van der Waals surface area contributed by atoms with Gasteiger partial charge in [0.05, 0.1) is 17.3 Å². The van der Waals surface area contributed by atoms with Gasteiger partial charge in [-0.15, -0.1) is 0 Å². The largest absolute Gasteiger partial charge is 0.320 e. The molecule has 0 saturated carbocycles. The SMILES string of the molecule is CNS(=O)(=O)Nc1ccc(Cl)c(C#CCN)c1. The van der Waals surface area contributed by atoms with Gasteiger partial charge in [-0.25, -0.2) is 4.72 Å². The van der Waals surface area contributed by atoms with Crippen molar-refractivity contribution in [1.82, 2.24) is 4.72 Å². The summed E-state index contributed by atoms with van der Waals surface area (Å²) in [5.41, 5.74) is 6.15. The standard InChI is InChI=1S/C10H12ClN3O2S/c1-13-17(15,16)14-9-4-5-10(11)8(7-9)3-2-6-12/h4-5,7,13-14H,6,12H2,1H3. The first kappa shape index (κ1) is 13.8. The number of hydrogen-bond donors (Lipinski definition) is 3. The summed E-state index contributed by atoms with van der Waals surface area (Å²) in [5.74, 6) is 5.40. The van der Waals surface area contributed by atoms with Crippen LogP contribution >= 0.6 is 11.6 Å². The van der Waals surface area contributed by atoms with Gasteiger partial charge in [0.25, 0.3) is 10.2 Å². The van der Waals surface area contributed by atoms with Crippen molar-refractivity contribution in [2.75, 3.05) is 18.3 Å². The van der Waals surface area contributed by atoms with Gasteiger partial charge in [-0.05, 0) is 18.2 Å². The molecule has 92 valence electrons. The second-order valence-electron chi connectivity index (χ2n) is 3.01. The van der Waals surface area contributed by atoms with E-state index in [4.69, 9.17) is 17.3 Å². The Kier molecular flexibility index (Phi) is 4.78. The van der Waals surface area contributed by atoms with Gasteiger partial charge in [0.2, 0.25) is 0 Å². The molecule has 4 N–H and O–H groups in total. The Morgan fingerprint density at radius 1 is 1.47 bits per heavy atom. The second-order valence-corrected chi connectivity index (χ2v) is 5.04. The maximum absolute atomic E-state index is 11.3. The summed E-state index contributed by atoms with van der Waals surface area (Å²) in [6, 6.07) is 4.65. The normalized spacial score (nSPS) is 10.5. The van der Waals surface area contributed by atoms with Crippen molar-refractivity contribution in [3.63, 3.8) is 0 Å². The fourth-order valence-corrected chi connectivity index (χ4v) is 1.74. The number of hydrogen-bond acceptors (Lipinski definition) is 3. The molecule has 0 unspecified atom stereocenters. The van der Waals surface area contributed by atoms with E-state index in [0.29, 0.717) is 16.3 Å². The van der Waals surface area contributed by atoms with Crippen molar-refractivity contribution in [1.29, 1.82) is 0 Å². The Labute approximate surface area is 106 Å². The highest BCUT2D eigenvalue weighted by Crippen LogP contribution is 2.20. The predicted molar refractivity (Wildman–Crippen MR) is 69.0 cm³/mol. The van der Waals surface area contributed by atoms with Crippen molar-refractivity contribution in [3.05, 3.63) is 28.8 Å². The van der Waals surface area contributed by atoms with Crippen LogP contribution in [0.2, 0.25) is 5.02 Å². The third kappa shape index (κ3) is 4.24. The molecule has 0 aliphatic heterocycles. The third-order valence-corrected chi connectivity index (χ3v) is 3.18. The molecule has 0 saturated heterocycles. The molecule has 1 aromatic rings. The van der Waals surface area contributed by atoms with Gasteiger partial charge >= 0.3 is 0 Å². The van der Waals surface area contributed by atoms with Gasteiger partial charge in [-0.3, -0.25) is 4.72 Å². The van der Waals surface area contributed by atoms with Crippen molar-refractivity contribution >= 4 is 27.5 Å². The van der Waals surface area contributed by atoms with Crippen LogP contribution in [0.1, 0.15) is 5.56 Å². The molecule has 5 nitrogen and oxygen atoms in total. The Bertz CT molecular complexity index is 561. The zero-order valence-corrected chi connectivity index (χ0v) is 10.7. The molecule has 1 aromatic carbocycles. The smallest absolute Gasteiger partial charge is 0.298 e. The zero-order chi connectivity index (χ0) is 12.9. The van der Waals surface area contributed by atoms with E-state index < -0.39 is 10.2 Å². The molecule has 0 aliphatic carbocycles. The maximum atomic E-state index is 11.3. The highest BCUT2D eigenvalue weighted by molar-refractivity contribution is 7.90. The van der Waals surface area contributed by atoms with E-state index in [1.165, 1.54) is 7.05 Å². The average Bonchev–Trinajstić information content (AvgIpc) is 2.29. The Morgan fingerprint density at radius 3 is 2.76 bits per heavy atom. The fraction of sp³-hybridized carbons (Fsp3) is 0.200. The number of rotatable bonds is 3. The minimum absolute atomic E-state index is 0.211. The molecular formula is C10H12ClN3O2S. The van der Waals surface area contributed by atoms with Crippen molar-refractivity contribution in [2.24, 2.45) is 5.73 Å². The van der Waals surface area contributed by atoms with Crippen molar-refractivity contribution in [3.8, 4) is 11.8 Å². The van der Waals surface area contributed by atoms with Crippen LogP contribution in [0.25, 0.3) is 0 Å². The van der Waals surface area contributed by atoms with Crippen molar-refractivity contribution < 1.29 is 8.42 Å². The lowest BCUT2D eigenvalue weighted by Crippen LogP contribution is -2.26. The lowest BCUT2D eigenvalue weighted by Gasteiger charge is -2.07. The summed E-state index contributed by atoms with van der Waals surface area (Å²) in [7, 11) is -2.23. The van der Waals surface area contributed by atoms with E-state index in [-0.39, 0.29) is 6.54 Å². The number of nitrogens with two attached hydrogens (primary N) is 1. The second kappa shape index (κ2) is 5.89. The number of benzene rings is 1. The van der Waals surface area contributed by atoms with E-state index in [0.717, 1.165) is 0 Å². The van der Waals surface area contributed by atoms with Crippen LogP contribution in [0.15, 0.2) is 18.2 Å². The van der Waals surface area contributed by atoms with Crippen LogP contribution in [0, 0.1) is 11.8 Å². The van der Waals surface area contributed by atoms with Crippen LogP contribution in [-0.2, 0) is 10.2 Å². The molecule has 0 heterocycles. The summed E-state index contributed by atoms with van der Waals surface area (Å²) >= 11 is 5.90. The van der Waals surface area contributed by atoms with Gasteiger partial charge in [0.1, 0.15) is 0 Å². The Morgan fingerprint density at radius 2 is 2.18 bits per heavy atom. The fourth-order valence-electron chi connectivity index (χ4n) is 1.04. The first-order chi connectivity index (χ1) is 7.98. The highest BCUT2D eigenvalue weighted by Gasteiger charge is 2.07. The monoisotopic (exact) mass is 273 g/mol. The van der Waals surface area contributed by atoms with Crippen LogP contribution < -0.4 is 15.2 Å². The maximum Gasteiger partial charge on any atom is 0.298 e. The van der Waals surface area contributed by atoms with Gasteiger partial charge in [-0.1, -0.05) is 23.4 Å². The van der Waals surface area contributed by atoms with Crippen molar-refractivity contribution in [2.45, 2.75) is 0 Å². The quantitative estimate of drug-likeness (QED) is 0.702. The molecule has 0 aromatic heterocycles. The van der Waals surface area contributed by atoms with Gasteiger partial charge in [-0.2, -0.15) is 8.42 Å². The zero-order valence-electron chi connectivity index (χ0n) is 9.12. The molecule has 0 radical (unpaired) electrons. The number of halogens is 1. The van der Waals surface area contributed by atoms with E-state index in [2.05, 4.69) is 21.3 Å². The number of anilines is 1. The Balaban J connectivity index is 3.05. The van der Waals surface area contributed by atoms with E-state index in [1.54, 1.807) is 18.2 Å². The molecule has 0 atom stereocenters. The molecule has 1 rings (SSSR count). The highest BCUT2D eigenvalue weighted by atomic mass is 35.5. The Hall–Kier alpha value is -1.26. The first-order valence-electron chi connectivity index (χ1n) is 4.68. The predicted octanol–water partition coefficient (Wildman–Crippen LogP) is 0.526. The minimum Gasteiger partial charge on any atom is -0.320 e. The van der Waals surface area contributed by atoms with Crippen LogP contribution in [0.5, 0.6) is 0 Å². The topological polar surface area (TPSA) is 84.2 Å². The van der Waals surface area contributed by atoms with Crippen LogP contribution in [0.3, 0.4) is 0 Å². The van der Waals surface area contributed by atoms with Crippen LogP contribution in [0.4, 0.5) is 5.69 Å². The molecular weight excluding hydrogens is 262 g/mol. The lowest BCUT2D eigenvalue weighted by molar-refractivity contribution is 0.593. The molecule has 0 amide bonds. The molecule has 17 heavy (non-hydrogen) atoms. The summed E-state index contributed by atoms with van der Waals surface area (Å²) in [6.07, 6.45) is 0. The minimum atomic E-state index is -3.54. The molecule has 0 spiro atoms. The summed E-state index contributed by atoms with van der Waals surface area (Å²) in [6.45, 7) is 0.211. The first-order valence-corrected chi connectivity index (χ1v) is 6.54. The van der Waals surface area contributed by atoms with Gasteiger partial charge < -0.3 is 5.73 Å². The molecule has 0 fully saturated rings. The van der Waals surface area contributed by atoms with Crippen LogP contribution in [-0.4, -0.2) is 22.0 Å². The average molecular weight is 274 g/mol. The van der Waals surface area contributed by atoms with Gasteiger partial charge in [0.15, 0.2) is 0 Å². The third-order valence-electron chi connectivity index (χ3n) is 1.81.